The van der Waals surface area contributed by atoms with E-state index in [-0.39, 0.29) is 10.6 Å². The standard InChI is InChI=1S/C9H11ClFNO2/c1-4(12)8(13)5-2-6(10)9(14)7(11)3-5/h2-4,8,13-14H,12H2,1H3/t4-,8-/m1/s1. The first-order valence-electron chi connectivity index (χ1n) is 4.05. The predicted octanol–water partition coefficient (Wildman–Crippen LogP) is 1.57. The number of rotatable bonds is 2. The second-order valence-corrected chi connectivity index (χ2v) is 3.54. The van der Waals surface area contributed by atoms with Crippen LogP contribution in [-0.2, 0) is 0 Å². The molecule has 0 spiro atoms. The summed E-state index contributed by atoms with van der Waals surface area (Å²) in [6.07, 6.45) is -0.998. The maximum Gasteiger partial charge on any atom is 0.170 e. The minimum atomic E-state index is -0.998. The Morgan fingerprint density at radius 3 is 2.50 bits per heavy atom. The van der Waals surface area contributed by atoms with Crippen LogP contribution in [0.5, 0.6) is 5.75 Å². The summed E-state index contributed by atoms with van der Waals surface area (Å²) in [5.41, 5.74) is 5.68. The second-order valence-electron chi connectivity index (χ2n) is 3.14. The molecule has 5 heteroatoms. The van der Waals surface area contributed by atoms with E-state index in [2.05, 4.69) is 0 Å². The molecule has 0 bridgehead atoms. The van der Waals surface area contributed by atoms with Gasteiger partial charge in [-0.2, -0.15) is 0 Å². The molecule has 0 saturated carbocycles. The molecule has 1 aromatic rings. The molecule has 0 unspecified atom stereocenters. The predicted molar refractivity (Wildman–Crippen MR) is 51.7 cm³/mol. The molecule has 78 valence electrons. The van der Waals surface area contributed by atoms with Gasteiger partial charge in [0.05, 0.1) is 11.1 Å². The average molecular weight is 220 g/mol. The van der Waals surface area contributed by atoms with Crippen molar-refractivity contribution in [3.05, 3.63) is 28.5 Å². The van der Waals surface area contributed by atoms with Crippen LogP contribution >= 0.6 is 11.6 Å². The maximum atomic E-state index is 13.0. The highest BCUT2D eigenvalue weighted by molar-refractivity contribution is 6.32. The summed E-state index contributed by atoms with van der Waals surface area (Å²) in [6.45, 7) is 1.59. The van der Waals surface area contributed by atoms with Crippen LogP contribution in [0.1, 0.15) is 18.6 Å². The monoisotopic (exact) mass is 219 g/mol. The van der Waals surface area contributed by atoms with Crippen molar-refractivity contribution in [3.8, 4) is 5.75 Å². The van der Waals surface area contributed by atoms with Crippen LogP contribution < -0.4 is 5.73 Å². The lowest BCUT2D eigenvalue weighted by Crippen LogP contribution is -2.24. The molecule has 0 aliphatic carbocycles. The molecule has 0 heterocycles. The van der Waals surface area contributed by atoms with Crippen LogP contribution in [0, 0.1) is 5.82 Å². The summed E-state index contributed by atoms with van der Waals surface area (Å²) >= 11 is 5.53. The third-order valence-electron chi connectivity index (χ3n) is 1.88. The van der Waals surface area contributed by atoms with Crippen molar-refractivity contribution in [1.82, 2.24) is 0 Å². The molecule has 0 fully saturated rings. The first-order valence-corrected chi connectivity index (χ1v) is 4.43. The van der Waals surface area contributed by atoms with Crippen molar-refractivity contribution in [2.45, 2.75) is 19.1 Å². The van der Waals surface area contributed by atoms with Crippen LogP contribution in [0.15, 0.2) is 12.1 Å². The lowest BCUT2D eigenvalue weighted by atomic mass is 10.0. The molecule has 0 aromatic heterocycles. The highest BCUT2D eigenvalue weighted by atomic mass is 35.5. The van der Waals surface area contributed by atoms with Crippen LogP contribution in [0.3, 0.4) is 0 Å². The normalized spacial score (nSPS) is 15.2. The zero-order chi connectivity index (χ0) is 10.9. The molecule has 14 heavy (non-hydrogen) atoms. The Labute approximate surface area is 85.9 Å². The van der Waals surface area contributed by atoms with Crippen molar-refractivity contribution in [1.29, 1.82) is 0 Å². The molecule has 1 rings (SSSR count). The second kappa shape index (κ2) is 4.13. The van der Waals surface area contributed by atoms with E-state index in [4.69, 9.17) is 22.4 Å². The number of phenols is 1. The highest BCUT2D eigenvalue weighted by Crippen LogP contribution is 2.30. The molecular formula is C9H11ClFNO2. The van der Waals surface area contributed by atoms with E-state index in [1.165, 1.54) is 6.07 Å². The van der Waals surface area contributed by atoms with Gasteiger partial charge in [-0.1, -0.05) is 11.6 Å². The number of aliphatic hydroxyl groups excluding tert-OH is 1. The van der Waals surface area contributed by atoms with Gasteiger partial charge in [-0.15, -0.1) is 0 Å². The molecule has 0 radical (unpaired) electrons. The third kappa shape index (κ3) is 2.15. The van der Waals surface area contributed by atoms with Gasteiger partial charge in [-0.05, 0) is 24.6 Å². The SMILES string of the molecule is C[C@@H](N)[C@@H](O)c1cc(F)c(O)c(Cl)c1. The van der Waals surface area contributed by atoms with Gasteiger partial charge in [0.15, 0.2) is 11.6 Å². The fraction of sp³-hybridized carbons (Fsp3) is 0.333. The van der Waals surface area contributed by atoms with Gasteiger partial charge < -0.3 is 15.9 Å². The quantitative estimate of drug-likeness (QED) is 0.707. The minimum absolute atomic E-state index is 0.139. The number of nitrogens with two attached hydrogens (primary N) is 1. The number of hydrogen-bond donors (Lipinski definition) is 3. The summed E-state index contributed by atoms with van der Waals surface area (Å²) < 4.78 is 13.0. The molecule has 2 atom stereocenters. The minimum Gasteiger partial charge on any atom is -0.504 e. The largest absolute Gasteiger partial charge is 0.504 e. The van der Waals surface area contributed by atoms with Crippen molar-refractivity contribution in [2.75, 3.05) is 0 Å². The summed E-state index contributed by atoms with van der Waals surface area (Å²) in [5.74, 6) is -1.49. The van der Waals surface area contributed by atoms with Crippen LogP contribution in [-0.4, -0.2) is 16.3 Å². The van der Waals surface area contributed by atoms with Crippen molar-refractivity contribution in [2.24, 2.45) is 5.73 Å². The zero-order valence-electron chi connectivity index (χ0n) is 7.54. The zero-order valence-corrected chi connectivity index (χ0v) is 8.29. The van der Waals surface area contributed by atoms with Crippen LogP contribution in [0.2, 0.25) is 5.02 Å². The molecule has 1 aromatic carbocycles. The highest BCUT2D eigenvalue weighted by Gasteiger charge is 2.16. The van der Waals surface area contributed by atoms with Gasteiger partial charge >= 0.3 is 0 Å². The molecule has 0 aliphatic rings. The fourth-order valence-electron chi connectivity index (χ4n) is 1.06. The van der Waals surface area contributed by atoms with Crippen molar-refractivity contribution < 1.29 is 14.6 Å². The number of benzene rings is 1. The Balaban J connectivity index is 3.12. The Morgan fingerprint density at radius 2 is 2.07 bits per heavy atom. The molecule has 0 saturated heterocycles. The van der Waals surface area contributed by atoms with Gasteiger partial charge in [0.25, 0.3) is 0 Å². The summed E-state index contributed by atoms with van der Waals surface area (Å²) in [5, 5.41) is 18.4. The van der Waals surface area contributed by atoms with Crippen LogP contribution in [0.25, 0.3) is 0 Å². The van der Waals surface area contributed by atoms with E-state index in [1.807, 2.05) is 0 Å². The fourth-order valence-corrected chi connectivity index (χ4v) is 1.28. The summed E-state index contributed by atoms with van der Waals surface area (Å²) in [6, 6.07) is 1.76. The first kappa shape index (κ1) is 11.2. The van der Waals surface area contributed by atoms with E-state index in [9.17, 15) is 9.50 Å². The van der Waals surface area contributed by atoms with E-state index in [0.29, 0.717) is 0 Å². The molecule has 0 amide bonds. The molecule has 3 nitrogen and oxygen atoms in total. The molecular weight excluding hydrogens is 209 g/mol. The Morgan fingerprint density at radius 1 is 1.50 bits per heavy atom. The number of phenolic OH excluding ortho intramolecular Hbond substituents is 1. The van der Waals surface area contributed by atoms with E-state index in [1.54, 1.807) is 6.92 Å². The summed E-state index contributed by atoms with van der Waals surface area (Å²) in [7, 11) is 0. The lowest BCUT2D eigenvalue weighted by Gasteiger charge is -2.15. The van der Waals surface area contributed by atoms with Crippen molar-refractivity contribution in [3.63, 3.8) is 0 Å². The average Bonchev–Trinajstić information content (AvgIpc) is 2.12. The van der Waals surface area contributed by atoms with E-state index < -0.39 is 23.7 Å². The first-order chi connectivity index (χ1) is 6.43. The van der Waals surface area contributed by atoms with Gasteiger partial charge in [0.1, 0.15) is 0 Å². The van der Waals surface area contributed by atoms with Gasteiger partial charge in [-0.25, -0.2) is 4.39 Å². The molecule has 4 N–H and O–H groups in total. The Hall–Kier alpha value is -0.840. The van der Waals surface area contributed by atoms with Crippen LogP contribution in [0.4, 0.5) is 4.39 Å². The van der Waals surface area contributed by atoms with Gasteiger partial charge in [0, 0.05) is 6.04 Å². The topological polar surface area (TPSA) is 66.5 Å². The molecule has 0 aliphatic heterocycles. The van der Waals surface area contributed by atoms with E-state index in [0.717, 1.165) is 6.07 Å². The van der Waals surface area contributed by atoms with Gasteiger partial charge in [-0.3, -0.25) is 0 Å². The van der Waals surface area contributed by atoms with Crippen molar-refractivity contribution >= 4 is 11.6 Å². The van der Waals surface area contributed by atoms with Gasteiger partial charge in [0.2, 0.25) is 0 Å². The summed E-state index contributed by atoms with van der Waals surface area (Å²) in [4.78, 5) is 0. The van der Waals surface area contributed by atoms with E-state index >= 15 is 0 Å². The number of halogens is 2. The smallest absolute Gasteiger partial charge is 0.170 e. The Bertz CT molecular complexity index is 321. The number of aromatic hydroxyl groups is 1. The Kier molecular flexibility index (Phi) is 3.31. The number of hydrogen-bond acceptors (Lipinski definition) is 3. The lowest BCUT2D eigenvalue weighted by molar-refractivity contribution is 0.153. The number of aliphatic hydroxyl groups is 1. The maximum absolute atomic E-state index is 13.0. The third-order valence-corrected chi connectivity index (χ3v) is 2.17.